The largest absolute Gasteiger partial charge is 0.310 e. The van der Waals surface area contributed by atoms with Crippen LogP contribution in [0.15, 0.2) is 267 Å². The van der Waals surface area contributed by atoms with Gasteiger partial charge >= 0.3 is 0 Å². The van der Waals surface area contributed by atoms with Crippen molar-refractivity contribution in [1.82, 2.24) is 0 Å². The van der Waals surface area contributed by atoms with E-state index in [0.717, 1.165) is 62.6 Å². The lowest BCUT2D eigenvalue weighted by Crippen LogP contribution is -2.14. The molecule has 11 rings (SSSR count). The first kappa shape index (κ1) is 54.9. The van der Waals surface area contributed by atoms with Crippen LogP contribution in [-0.4, -0.2) is 0 Å². The Balaban J connectivity index is 0.822. The van der Waals surface area contributed by atoms with Crippen molar-refractivity contribution in [3.8, 4) is 0 Å². The third-order valence-corrected chi connectivity index (χ3v) is 15.4. The van der Waals surface area contributed by atoms with Crippen LogP contribution >= 0.6 is 0 Å². The Morgan fingerprint density at radius 3 is 0.940 bits per heavy atom. The molecular weight excluding hydrogens is 1000 g/mol. The van der Waals surface area contributed by atoms with Crippen LogP contribution in [0.3, 0.4) is 0 Å². The molecule has 0 atom stereocenters. The van der Waals surface area contributed by atoms with Crippen molar-refractivity contribution in [2.24, 2.45) is 0 Å². The molecule has 2 nitrogen and oxygen atoms in total. The summed E-state index contributed by atoms with van der Waals surface area (Å²) < 4.78 is 0. The molecule has 0 fully saturated rings. The molecule has 0 bridgehead atoms. The number of hydrogen-bond acceptors (Lipinski definition) is 2. The number of anilines is 6. The molecule has 0 saturated carbocycles. The van der Waals surface area contributed by atoms with Crippen LogP contribution in [0.2, 0.25) is 0 Å². The van der Waals surface area contributed by atoms with Crippen molar-refractivity contribution in [2.75, 3.05) is 9.80 Å². The maximum atomic E-state index is 2.43. The maximum absolute atomic E-state index is 2.43. The summed E-state index contributed by atoms with van der Waals surface area (Å²) in [5.74, 6) is 0. The zero-order valence-electron chi connectivity index (χ0n) is 48.5. The van der Waals surface area contributed by atoms with Crippen molar-refractivity contribution in [1.29, 1.82) is 0 Å². The van der Waals surface area contributed by atoms with Crippen LogP contribution in [0.4, 0.5) is 34.1 Å². The van der Waals surface area contributed by atoms with E-state index in [1.54, 1.807) is 0 Å². The zero-order valence-corrected chi connectivity index (χ0v) is 48.5. The standard InChI is InChI=1S/C81H70N2/c1-7-69-54-59(3)53-62(6)81(69)83(77-49-41-68(42-50-77)57-79(72-27-16-10-17-28-72)73-29-18-11-19-30-73)76-45-37-64(38-46-76)32-34-66-22-20-21-65(55-66)33-31-63-35-43-74(44-36-63)82(80-60(4)51-58(2)52-61(80)5)75-47-39-67(40-48-75)56-78(70-23-12-8-13-24-70)71-25-14-9-15-26-71/h8-57H,7H2,1-6H3/b33-31+,34-32+. The minimum atomic E-state index is 0.933. The van der Waals surface area contributed by atoms with Gasteiger partial charge < -0.3 is 9.80 Å². The van der Waals surface area contributed by atoms with Gasteiger partial charge in [-0.3, -0.25) is 0 Å². The van der Waals surface area contributed by atoms with Gasteiger partial charge in [0.2, 0.25) is 0 Å². The van der Waals surface area contributed by atoms with Crippen LogP contribution in [0.1, 0.15) is 95.9 Å². The monoisotopic (exact) mass is 1070 g/mol. The minimum absolute atomic E-state index is 0.933. The van der Waals surface area contributed by atoms with E-state index in [2.05, 4.69) is 355 Å². The molecule has 0 aliphatic heterocycles. The van der Waals surface area contributed by atoms with Gasteiger partial charge in [0, 0.05) is 22.7 Å². The third-order valence-electron chi connectivity index (χ3n) is 15.4. The highest BCUT2D eigenvalue weighted by Gasteiger charge is 2.20. The summed E-state index contributed by atoms with van der Waals surface area (Å²) in [6.45, 7) is 13.3. The van der Waals surface area contributed by atoms with E-state index in [1.165, 1.54) is 78.2 Å². The highest BCUT2D eigenvalue weighted by Crippen LogP contribution is 2.42. The molecule has 0 spiro atoms. The van der Waals surface area contributed by atoms with Crippen LogP contribution in [0.5, 0.6) is 0 Å². The highest BCUT2D eigenvalue weighted by molar-refractivity contribution is 5.93. The average molecular weight is 1070 g/mol. The summed E-state index contributed by atoms with van der Waals surface area (Å²) in [6, 6.07) is 96.5. The molecule has 2 heteroatoms. The fourth-order valence-corrected chi connectivity index (χ4v) is 11.5. The van der Waals surface area contributed by atoms with Crippen molar-refractivity contribution < 1.29 is 0 Å². The van der Waals surface area contributed by atoms with Gasteiger partial charge in [0.25, 0.3) is 0 Å². The van der Waals surface area contributed by atoms with Gasteiger partial charge in [-0.05, 0) is 197 Å². The fourth-order valence-electron chi connectivity index (χ4n) is 11.5. The smallest absolute Gasteiger partial charge is 0.0522 e. The van der Waals surface area contributed by atoms with Crippen LogP contribution in [-0.2, 0) is 6.42 Å². The van der Waals surface area contributed by atoms with Crippen LogP contribution < -0.4 is 9.80 Å². The summed E-state index contributed by atoms with van der Waals surface area (Å²) in [7, 11) is 0. The molecule has 0 saturated heterocycles. The van der Waals surface area contributed by atoms with Gasteiger partial charge in [-0.1, -0.05) is 255 Å². The topological polar surface area (TPSA) is 6.48 Å². The summed E-state index contributed by atoms with van der Waals surface area (Å²) in [6.07, 6.45) is 14.4. The van der Waals surface area contributed by atoms with Gasteiger partial charge in [0.05, 0.1) is 11.4 Å². The second kappa shape index (κ2) is 25.6. The zero-order chi connectivity index (χ0) is 57.1. The lowest BCUT2D eigenvalue weighted by atomic mass is 9.95. The van der Waals surface area contributed by atoms with E-state index in [0.29, 0.717) is 0 Å². The second-order valence-corrected chi connectivity index (χ2v) is 21.6. The quantitative estimate of drug-likeness (QED) is 0.0839. The molecule has 404 valence electrons. The van der Waals surface area contributed by atoms with Crippen molar-refractivity contribution >= 4 is 81.7 Å². The SMILES string of the molecule is CCc1cc(C)cc(C)c1N(c1ccc(C=C(c2ccccc2)c2ccccc2)cc1)c1ccc(/C=C/c2cccc(/C=C/c3ccc(N(c4ccc(C=C(c5ccccc5)c5ccccc5)cc4)c4c(C)cc(C)cc4C)cc3)c2)cc1. The van der Waals surface area contributed by atoms with E-state index in [4.69, 9.17) is 0 Å². The Kier molecular flexibility index (Phi) is 16.9. The van der Waals surface area contributed by atoms with E-state index >= 15 is 0 Å². The lowest BCUT2D eigenvalue weighted by molar-refractivity contribution is 1.09. The Morgan fingerprint density at radius 2 is 0.590 bits per heavy atom. The predicted octanol–water partition coefficient (Wildman–Crippen LogP) is 22.2. The first-order valence-corrected chi connectivity index (χ1v) is 28.9. The molecule has 0 aliphatic rings. The Morgan fingerprint density at radius 1 is 0.289 bits per heavy atom. The Hall–Kier alpha value is -10.0. The van der Waals surface area contributed by atoms with Crippen molar-refractivity contribution in [3.05, 3.63) is 356 Å². The van der Waals surface area contributed by atoms with Crippen LogP contribution in [0, 0.1) is 34.6 Å². The summed E-state index contributed by atoms with van der Waals surface area (Å²) in [5.41, 5.74) is 28.5. The van der Waals surface area contributed by atoms with Crippen molar-refractivity contribution in [3.63, 3.8) is 0 Å². The summed E-state index contributed by atoms with van der Waals surface area (Å²) >= 11 is 0. The van der Waals surface area contributed by atoms with Gasteiger partial charge in [-0.25, -0.2) is 0 Å². The maximum Gasteiger partial charge on any atom is 0.0522 e. The second-order valence-electron chi connectivity index (χ2n) is 21.6. The summed E-state index contributed by atoms with van der Waals surface area (Å²) in [5, 5.41) is 0. The van der Waals surface area contributed by atoms with Gasteiger partial charge in [0.1, 0.15) is 0 Å². The molecule has 0 heterocycles. The molecule has 11 aromatic carbocycles. The highest BCUT2D eigenvalue weighted by atomic mass is 15.2. The number of nitrogens with zero attached hydrogens (tertiary/aromatic N) is 2. The van der Waals surface area contributed by atoms with E-state index in [1.807, 2.05) is 0 Å². The molecule has 11 aromatic rings. The summed E-state index contributed by atoms with van der Waals surface area (Å²) in [4.78, 5) is 4.83. The number of rotatable bonds is 17. The van der Waals surface area contributed by atoms with E-state index in [9.17, 15) is 0 Å². The molecule has 0 unspecified atom stereocenters. The molecule has 0 N–H and O–H groups in total. The third kappa shape index (κ3) is 13.1. The van der Waals surface area contributed by atoms with Gasteiger partial charge in [-0.15, -0.1) is 0 Å². The molecule has 0 aliphatic carbocycles. The molecule has 0 amide bonds. The molecular formula is C81H70N2. The number of hydrogen-bond donors (Lipinski definition) is 0. The first-order chi connectivity index (χ1) is 40.6. The molecule has 0 aromatic heterocycles. The minimum Gasteiger partial charge on any atom is -0.310 e. The molecule has 0 radical (unpaired) electrons. The van der Waals surface area contributed by atoms with Crippen LogP contribution in [0.25, 0.3) is 47.6 Å². The van der Waals surface area contributed by atoms with Crippen molar-refractivity contribution in [2.45, 2.75) is 48.0 Å². The van der Waals surface area contributed by atoms with Gasteiger partial charge in [0.15, 0.2) is 0 Å². The van der Waals surface area contributed by atoms with E-state index < -0.39 is 0 Å². The van der Waals surface area contributed by atoms with E-state index in [-0.39, 0.29) is 0 Å². The fraction of sp³-hybridized carbons (Fsp3) is 0.0864. The van der Waals surface area contributed by atoms with Gasteiger partial charge in [-0.2, -0.15) is 0 Å². The lowest BCUT2D eigenvalue weighted by Gasteiger charge is -2.30. The first-order valence-electron chi connectivity index (χ1n) is 28.9. The molecule has 83 heavy (non-hydrogen) atoms. The Bertz CT molecular complexity index is 3990. The Labute approximate surface area is 492 Å². The normalized spacial score (nSPS) is 11.2. The number of benzene rings is 11. The average Bonchev–Trinajstić information content (AvgIpc) is 3.61. The predicted molar refractivity (Wildman–Crippen MR) is 359 cm³/mol. The number of aryl methyl sites for hydroxylation is 6.